The van der Waals surface area contributed by atoms with Crippen molar-refractivity contribution in [3.63, 3.8) is 0 Å². The summed E-state index contributed by atoms with van der Waals surface area (Å²) in [5, 5.41) is 3.26. The predicted molar refractivity (Wildman–Crippen MR) is 64.4 cm³/mol. The highest BCUT2D eigenvalue weighted by Crippen LogP contribution is 2.11. The first-order chi connectivity index (χ1) is 8.29. The summed E-state index contributed by atoms with van der Waals surface area (Å²) in [6, 6.07) is 1.73. The smallest absolute Gasteiger partial charge is 0.178 e. The van der Waals surface area contributed by atoms with Crippen LogP contribution in [0.3, 0.4) is 0 Å². The molecule has 0 unspecified atom stereocenters. The molecular weight excluding hydrogens is 218 g/mol. The lowest BCUT2D eigenvalue weighted by Gasteiger charge is -2.26. The van der Waals surface area contributed by atoms with E-state index in [1.54, 1.807) is 25.6 Å². The van der Waals surface area contributed by atoms with Gasteiger partial charge in [-0.1, -0.05) is 0 Å². The molecule has 1 fully saturated rings. The zero-order chi connectivity index (χ0) is 12.1. The van der Waals surface area contributed by atoms with Gasteiger partial charge in [0, 0.05) is 37.9 Å². The fourth-order valence-corrected chi connectivity index (χ4v) is 1.85. The molecule has 1 aromatic heterocycles. The van der Waals surface area contributed by atoms with Gasteiger partial charge in [0.15, 0.2) is 5.78 Å². The lowest BCUT2D eigenvalue weighted by Crippen LogP contribution is -2.45. The third-order valence-electron chi connectivity index (χ3n) is 2.85. The van der Waals surface area contributed by atoms with Crippen LogP contribution in [-0.4, -0.2) is 55.5 Å². The summed E-state index contributed by atoms with van der Waals surface area (Å²) in [7, 11) is 1.57. The molecule has 0 aromatic carbocycles. The molecule has 1 aliphatic heterocycles. The van der Waals surface area contributed by atoms with E-state index in [2.05, 4.69) is 15.2 Å². The van der Waals surface area contributed by atoms with Crippen LogP contribution < -0.4 is 10.1 Å². The number of ketones is 1. The molecule has 92 valence electrons. The molecule has 5 nitrogen and oxygen atoms in total. The first-order valence-electron chi connectivity index (χ1n) is 5.75. The molecule has 1 saturated heterocycles. The number of nitrogens with one attached hydrogen (secondary N) is 1. The third kappa shape index (κ3) is 3.25. The van der Waals surface area contributed by atoms with Crippen LogP contribution >= 0.6 is 0 Å². The molecule has 2 rings (SSSR count). The van der Waals surface area contributed by atoms with E-state index >= 15 is 0 Å². The van der Waals surface area contributed by atoms with Crippen molar-refractivity contribution in [3.05, 3.63) is 24.0 Å². The van der Waals surface area contributed by atoms with Gasteiger partial charge < -0.3 is 10.1 Å². The Balaban J connectivity index is 1.98. The molecule has 2 heterocycles. The standard InChI is InChI=1S/C12H17N3O2/c1-17-11-6-10(7-14-8-11)12(16)9-15-4-2-13-3-5-15/h6-8,13H,2-5,9H2,1H3. The maximum absolute atomic E-state index is 12.0. The number of hydrogen-bond donors (Lipinski definition) is 1. The van der Waals surface area contributed by atoms with Crippen LogP contribution in [0.4, 0.5) is 0 Å². The van der Waals surface area contributed by atoms with Crippen molar-refractivity contribution in [1.82, 2.24) is 15.2 Å². The number of hydrogen-bond acceptors (Lipinski definition) is 5. The van der Waals surface area contributed by atoms with E-state index < -0.39 is 0 Å². The predicted octanol–water partition coefficient (Wildman–Crippen LogP) is 0.178. The average Bonchev–Trinajstić information content (AvgIpc) is 2.40. The van der Waals surface area contributed by atoms with Crippen molar-refractivity contribution in [1.29, 1.82) is 0 Å². The van der Waals surface area contributed by atoms with Crippen molar-refractivity contribution in [2.24, 2.45) is 0 Å². The number of nitrogens with zero attached hydrogens (tertiary/aromatic N) is 2. The largest absolute Gasteiger partial charge is 0.495 e. The van der Waals surface area contributed by atoms with Crippen LogP contribution in [0.1, 0.15) is 10.4 Å². The van der Waals surface area contributed by atoms with Gasteiger partial charge in [-0.2, -0.15) is 0 Å². The SMILES string of the molecule is COc1cncc(C(=O)CN2CCNCC2)c1. The monoisotopic (exact) mass is 235 g/mol. The maximum atomic E-state index is 12.0. The summed E-state index contributed by atoms with van der Waals surface area (Å²) in [6.07, 6.45) is 3.19. The summed E-state index contributed by atoms with van der Waals surface area (Å²) in [5.41, 5.74) is 0.614. The highest BCUT2D eigenvalue weighted by atomic mass is 16.5. The maximum Gasteiger partial charge on any atom is 0.178 e. The van der Waals surface area contributed by atoms with Gasteiger partial charge in [0.05, 0.1) is 19.9 Å². The van der Waals surface area contributed by atoms with Crippen molar-refractivity contribution in [2.45, 2.75) is 0 Å². The fraction of sp³-hybridized carbons (Fsp3) is 0.500. The molecule has 0 aliphatic carbocycles. The first-order valence-corrected chi connectivity index (χ1v) is 5.75. The number of pyridine rings is 1. The molecule has 5 heteroatoms. The second-order valence-electron chi connectivity index (χ2n) is 4.06. The van der Waals surface area contributed by atoms with E-state index in [4.69, 9.17) is 4.74 Å². The lowest BCUT2D eigenvalue weighted by atomic mass is 10.1. The van der Waals surface area contributed by atoms with Crippen molar-refractivity contribution in [2.75, 3.05) is 39.8 Å². The molecule has 0 spiro atoms. The van der Waals surface area contributed by atoms with Crippen molar-refractivity contribution in [3.8, 4) is 5.75 Å². The molecule has 17 heavy (non-hydrogen) atoms. The Morgan fingerprint density at radius 2 is 2.24 bits per heavy atom. The lowest BCUT2D eigenvalue weighted by molar-refractivity contribution is 0.0921. The number of piperazine rings is 1. The number of methoxy groups -OCH3 is 1. The van der Waals surface area contributed by atoms with Gasteiger partial charge in [-0.15, -0.1) is 0 Å². The highest BCUT2D eigenvalue weighted by Gasteiger charge is 2.15. The molecule has 1 N–H and O–H groups in total. The Hall–Kier alpha value is -1.46. The normalized spacial score (nSPS) is 16.8. The topological polar surface area (TPSA) is 54.5 Å². The van der Waals surface area contributed by atoms with Gasteiger partial charge in [0.1, 0.15) is 5.75 Å². The van der Waals surface area contributed by atoms with E-state index in [-0.39, 0.29) is 5.78 Å². The Kier molecular flexibility index (Phi) is 4.06. The molecule has 0 bridgehead atoms. The highest BCUT2D eigenvalue weighted by molar-refractivity contribution is 5.97. The van der Waals surface area contributed by atoms with E-state index in [0.29, 0.717) is 17.9 Å². The van der Waals surface area contributed by atoms with Crippen LogP contribution in [-0.2, 0) is 0 Å². The second-order valence-corrected chi connectivity index (χ2v) is 4.06. The van der Waals surface area contributed by atoms with Gasteiger partial charge in [-0.3, -0.25) is 14.7 Å². The molecule has 1 aliphatic rings. The molecule has 1 aromatic rings. The van der Waals surface area contributed by atoms with E-state index in [1.165, 1.54) is 0 Å². The summed E-state index contributed by atoms with van der Waals surface area (Å²) in [5.74, 6) is 0.717. The average molecular weight is 235 g/mol. The summed E-state index contributed by atoms with van der Waals surface area (Å²) in [4.78, 5) is 18.2. The minimum absolute atomic E-state index is 0.0956. The molecule has 0 radical (unpaired) electrons. The first kappa shape index (κ1) is 12.0. The molecule has 0 saturated carbocycles. The van der Waals surface area contributed by atoms with Crippen LogP contribution in [0.15, 0.2) is 18.5 Å². The summed E-state index contributed by atoms with van der Waals surface area (Å²) in [6.45, 7) is 4.19. The Morgan fingerprint density at radius 3 is 2.94 bits per heavy atom. The van der Waals surface area contributed by atoms with Gasteiger partial charge >= 0.3 is 0 Å². The number of ether oxygens (including phenoxy) is 1. The number of carbonyl (C=O) groups excluding carboxylic acids is 1. The Labute approximate surface area is 101 Å². The second kappa shape index (κ2) is 5.75. The van der Waals surface area contributed by atoms with Crippen LogP contribution in [0.5, 0.6) is 5.75 Å². The molecule has 0 atom stereocenters. The number of Topliss-reactive ketones (excluding diaryl/α,β-unsaturated/α-hetero) is 1. The quantitative estimate of drug-likeness (QED) is 0.754. The van der Waals surface area contributed by atoms with Crippen LogP contribution in [0.25, 0.3) is 0 Å². The minimum atomic E-state index is 0.0956. The number of aromatic nitrogens is 1. The van der Waals surface area contributed by atoms with Gasteiger partial charge in [-0.25, -0.2) is 0 Å². The van der Waals surface area contributed by atoms with Crippen LogP contribution in [0, 0.1) is 0 Å². The Bertz CT molecular complexity index is 389. The van der Waals surface area contributed by atoms with E-state index in [9.17, 15) is 4.79 Å². The fourth-order valence-electron chi connectivity index (χ4n) is 1.85. The summed E-state index contributed by atoms with van der Waals surface area (Å²) >= 11 is 0. The zero-order valence-electron chi connectivity index (χ0n) is 9.98. The van der Waals surface area contributed by atoms with E-state index in [1.807, 2.05) is 0 Å². The third-order valence-corrected chi connectivity index (χ3v) is 2.85. The molecular formula is C12H17N3O2. The van der Waals surface area contributed by atoms with Gasteiger partial charge in [0.25, 0.3) is 0 Å². The zero-order valence-corrected chi connectivity index (χ0v) is 9.98. The van der Waals surface area contributed by atoms with Crippen molar-refractivity contribution < 1.29 is 9.53 Å². The summed E-state index contributed by atoms with van der Waals surface area (Å²) < 4.78 is 5.06. The van der Waals surface area contributed by atoms with Crippen LogP contribution in [0.2, 0.25) is 0 Å². The van der Waals surface area contributed by atoms with E-state index in [0.717, 1.165) is 26.2 Å². The molecule has 0 amide bonds. The number of rotatable bonds is 4. The number of carbonyl (C=O) groups is 1. The van der Waals surface area contributed by atoms with Gasteiger partial charge in [-0.05, 0) is 6.07 Å². The minimum Gasteiger partial charge on any atom is -0.495 e. The van der Waals surface area contributed by atoms with Gasteiger partial charge in [0.2, 0.25) is 0 Å². The Morgan fingerprint density at radius 1 is 1.47 bits per heavy atom. The van der Waals surface area contributed by atoms with Crippen molar-refractivity contribution >= 4 is 5.78 Å².